The molecular weight excluding hydrogens is 466 g/mol. The standard InChI is InChI=1S/C35H71NO2/c1-3-5-7-9-11-13-15-17-19-21-23-27-31-37-34-35(33-36-29-25-26-30-36)38-32-28-24-22-20-18-16-14-12-10-8-6-4-2/h35H,3-34H2,1-2H3. The van der Waals surface area contributed by atoms with Crippen molar-refractivity contribution >= 4 is 0 Å². The molecule has 0 radical (unpaired) electrons. The predicted octanol–water partition coefficient (Wildman–Crippen LogP) is 10.9. The number of ether oxygens (including phenoxy) is 2. The zero-order chi connectivity index (χ0) is 27.2. The first-order valence-corrected chi connectivity index (χ1v) is 17.8. The van der Waals surface area contributed by atoms with E-state index in [9.17, 15) is 0 Å². The van der Waals surface area contributed by atoms with Crippen LogP contribution in [0.15, 0.2) is 0 Å². The Kier molecular flexibility index (Phi) is 28.2. The lowest BCUT2D eigenvalue weighted by molar-refractivity contribution is -0.0316. The van der Waals surface area contributed by atoms with Crippen LogP contribution in [0.3, 0.4) is 0 Å². The molecule has 1 atom stereocenters. The van der Waals surface area contributed by atoms with Crippen LogP contribution in [0.5, 0.6) is 0 Å². The van der Waals surface area contributed by atoms with Gasteiger partial charge < -0.3 is 14.4 Å². The molecule has 0 aromatic carbocycles. The van der Waals surface area contributed by atoms with E-state index in [-0.39, 0.29) is 6.10 Å². The highest BCUT2D eigenvalue weighted by molar-refractivity contribution is 4.71. The third kappa shape index (κ3) is 24.9. The second kappa shape index (κ2) is 29.9. The molecule has 1 aliphatic rings. The van der Waals surface area contributed by atoms with Crippen molar-refractivity contribution in [1.29, 1.82) is 0 Å². The lowest BCUT2D eigenvalue weighted by Gasteiger charge is -2.24. The number of rotatable bonds is 31. The Morgan fingerprint density at radius 2 is 0.842 bits per heavy atom. The van der Waals surface area contributed by atoms with Crippen molar-refractivity contribution < 1.29 is 9.47 Å². The molecule has 1 rings (SSSR count). The van der Waals surface area contributed by atoms with Crippen LogP contribution in [0.25, 0.3) is 0 Å². The third-order valence-corrected chi connectivity index (χ3v) is 8.46. The zero-order valence-electron chi connectivity index (χ0n) is 26.5. The number of hydrogen-bond donors (Lipinski definition) is 0. The predicted molar refractivity (Wildman–Crippen MR) is 168 cm³/mol. The molecule has 0 aromatic heterocycles. The minimum absolute atomic E-state index is 0.262. The van der Waals surface area contributed by atoms with Crippen molar-refractivity contribution in [2.75, 3.05) is 39.5 Å². The van der Waals surface area contributed by atoms with Crippen molar-refractivity contribution in [1.82, 2.24) is 4.90 Å². The normalized spacial score (nSPS) is 15.0. The van der Waals surface area contributed by atoms with E-state index < -0.39 is 0 Å². The Morgan fingerprint density at radius 1 is 0.474 bits per heavy atom. The highest BCUT2D eigenvalue weighted by atomic mass is 16.5. The minimum atomic E-state index is 0.262. The molecule has 228 valence electrons. The van der Waals surface area contributed by atoms with E-state index in [2.05, 4.69) is 18.7 Å². The highest BCUT2D eigenvalue weighted by Gasteiger charge is 2.18. The van der Waals surface area contributed by atoms with Gasteiger partial charge in [0.1, 0.15) is 0 Å². The first-order valence-electron chi connectivity index (χ1n) is 17.8. The summed E-state index contributed by atoms with van der Waals surface area (Å²) >= 11 is 0. The molecule has 0 spiro atoms. The molecule has 0 saturated carbocycles. The summed E-state index contributed by atoms with van der Waals surface area (Å²) in [6.07, 6.45) is 36.5. The molecule has 3 nitrogen and oxygen atoms in total. The van der Waals surface area contributed by atoms with Crippen LogP contribution in [-0.2, 0) is 9.47 Å². The molecular formula is C35H71NO2. The topological polar surface area (TPSA) is 21.7 Å². The average molecular weight is 538 g/mol. The fourth-order valence-electron chi connectivity index (χ4n) is 5.86. The summed E-state index contributed by atoms with van der Waals surface area (Å²) < 4.78 is 12.5. The number of hydrogen-bond acceptors (Lipinski definition) is 3. The van der Waals surface area contributed by atoms with Crippen LogP contribution in [0.4, 0.5) is 0 Å². The van der Waals surface area contributed by atoms with Gasteiger partial charge in [0.05, 0.1) is 12.7 Å². The maximum Gasteiger partial charge on any atom is 0.0934 e. The van der Waals surface area contributed by atoms with Gasteiger partial charge in [-0.25, -0.2) is 0 Å². The molecule has 3 heteroatoms. The van der Waals surface area contributed by atoms with Crippen molar-refractivity contribution in [2.45, 2.75) is 187 Å². The Bertz CT molecular complexity index is 438. The van der Waals surface area contributed by atoms with Crippen molar-refractivity contribution in [2.24, 2.45) is 0 Å². The summed E-state index contributed by atoms with van der Waals surface area (Å²) in [7, 11) is 0. The maximum atomic E-state index is 6.34. The average Bonchev–Trinajstić information content (AvgIpc) is 3.44. The summed E-state index contributed by atoms with van der Waals surface area (Å²) in [6.45, 7) is 10.8. The Labute approximate surface area is 240 Å². The summed E-state index contributed by atoms with van der Waals surface area (Å²) in [5, 5.41) is 0. The molecule has 0 amide bonds. The largest absolute Gasteiger partial charge is 0.379 e. The van der Waals surface area contributed by atoms with Crippen LogP contribution < -0.4 is 0 Å². The molecule has 0 bridgehead atoms. The molecule has 0 aliphatic carbocycles. The molecule has 1 aliphatic heterocycles. The highest BCUT2D eigenvalue weighted by Crippen LogP contribution is 2.14. The molecule has 1 heterocycles. The van der Waals surface area contributed by atoms with Gasteiger partial charge in [0, 0.05) is 19.8 Å². The van der Waals surface area contributed by atoms with Crippen molar-refractivity contribution in [3.63, 3.8) is 0 Å². The Balaban J connectivity index is 1.95. The van der Waals surface area contributed by atoms with E-state index in [1.54, 1.807) is 0 Å². The molecule has 0 aromatic rings. The van der Waals surface area contributed by atoms with Gasteiger partial charge in [0.2, 0.25) is 0 Å². The summed E-state index contributed by atoms with van der Waals surface area (Å²) in [5.41, 5.74) is 0. The molecule has 0 N–H and O–H groups in total. The van der Waals surface area contributed by atoms with Gasteiger partial charge >= 0.3 is 0 Å². The van der Waals surface area contributed by atoms with Crippen molar-refractivity contribution in [3.05, 3.63) is 0 Å². The van der Waals surface area contributed by atoms with Crippen LogP contribution >= 0.6 is 0 Å². The van der Waals surface area contributed by atoms with E-state index in [0.717, 1.165) is 26.4 Å². The molecule has 1 saturated heterocycles. The summed E-state index contributed by atoms with van der Waals surface area (Å²) in [6, 6.07) is 0. The Hall–Kier alpha value is -0.120. The quantitative estimate of drug-likeness (QED) is 0.0821. The number of likely N-dealkylation sites (tertiary alicyclic amines) is 1. The van der Waals surface area contributed by atoms with Crippen LogP contribution in [0, 0.1) is 0 Å². The number of nitrogens with zero attached hydrogens (tertiary/aromatic N) is 1. The smallest absolute Gasteiger partial charge is 0.0934 e. The van der Waals surface area contributed by atoms with E-state index in [1.165, 1.54) is 180 Å². The summed E-state index contributed by atoms with van der Waals surface area (Å²) in [5.74, 6) is 0. The van der Waals surface area contributed by atoms with E-state index >= 15 is 0 Å². The Morgan fingerprint density at radius 3 is 1.26 bits per heavy atom. The third-order valence-electron chi connectivity index (χ3n) is 8.46. The molecule has 1 fully saturated rings. The van der Waals surface area contributed by atoms with Gasteiger partial charge in [-0.15, -0.1) is 0 Å². The monoisotopic (exact) mass is 538 g/mol. The fraction of sp³-hybridized carbons (Fsp3) is 1.00. The van der Waals surface area contributed by atoms with E-state index in [1.807, 2.05) is 0 Å². The van der Waals surface area contributed by atoms with Crippen LogP contribution in [0.2, 0.25) is 0 Å². The summed E-state index contributed by atoms with van der Waals surface area (Å²) in [4.78, 5) is 2.58. The minimum Gasteiger partial charge on any atom is -0.379 e. The van der Waals surface area contributed by atoms with Gasteiger partial charge in [-0.3, -0.25) is 0 Å². The molecule has 38 heavy (non-hydrogen) atoms. The van der Waals surface area contributed by atoms with Gasteiger partial charge in [-0.1, -0.05) is 155 Å². The van der Waals surface area contributed by atoms with E-state index in [0.29, 0.717) is 0 Å². The molecule has 1 unspecified atom stereocenters. The number of unbranched alkanes of at least 4 members (excludes halogenated alkanes) is 22. The van der Waals surface area contributed by atoms with Gasteiger partial charge in [0.25, 0.3) is 0 Å². The second-order valence-corrected chi connectivity index (χ2v) is 12.4. The SMILES string of the molecule is CCCCCCCCCCCCCCOCC(CN1CCCC1)OCCCCCCCCCCCCCC. The van der Waals surface area contributed by atoms with Crippen molar-refractivity contribution in [3.8, 4) is 0 Å². The van der Waals surface area contributed by atoms with Gasteiger partial charge in [0.15, 0.2) is 0 Å². The fourth-order valence-corrected chi connectivity index (χ4v) is 5.86. The lowest BCUT2D eigenvalue weighted by Crippen LogP contribution is -2.35. The van der Waals surface area contributed by atoms with Gasteiger partial charge in [-0.05, 0) is 38.8 Å². The first kappa shape index (κ1) is 35.9. The first-order chi connectivity index (χ1) is 18.9. The lowest BCUT2D eigenvalue weighted by atomic mass is 10.1. The maximum absolute atomic E-state index is 6.34. The van der Waals surface area contributed by atoms with Crippen LogP contribution in [0.1, 0.15) is 181 Å². The van der Waals surface area contributed by atoms with Gasteiger partial charge in [-0.2, -0.15) is 0 Å². The van der Waals surface area contributed by atoms with Crippen LogP contribution in [-0.4, -0.2) is 50.5 Å². The second-order valence-electron chi connectivity index (χ2n) is 12.4. The van der Waals surface area contributed by atoms with E-state index in [4.69, 9.17) is 9.47 Å². The zero-order valence-corrected chi connectivity index (χ0v) is 26.5.